The summed E-state index contributed by atoms with van der Waals surface area (Å²) in [5.74, 6) is 0.844. The Morgan fingerprint density at radius 2 is 1.95 bits per heavy atom. The van der Waals surface area contributed by atoms with Gasteiger partial charge in [-0.1, -0.05) is 0 Å². The van der Waals surface area contributed by atoms with Crippen molar-refractivity contribution in [2.24, 2.45) is 0 Å². The van der Waals surface area contributed by atoms with Gasteiger partial charge in [0.1, 0.15) is 6.42 Å². The van der Waals surface area contributed by atoms with Crippen molar-refractivity contribution in [1.82, 2.24) is 15.1 Å². The molecule has 0 radical (unpaired) electrons. The first-order valence-corrected chi connectivity index (χ1v) is 7.53. The van der Waals surface area contributed by atoms with E-state index in [1.807, 2.05) is 6.07 Å². The van der Waals surface area contributed by atoms with E-state index in [0.717, 1.165) is 37.4 Å². The topological polar surface area (TPSA) is 73.1 Å². The first-order valence-electron chi connectivity index (χ1n) is 7.53. The zero-order valence-electron chi connectivity index (χ0n) is 12.1. The third-order valence-electron chi connectivity index (χ3n) is 4.24. The van der Waals surface area contributed by atoms with Gasteiger partial charge in [-0.25, -0.2) is 0 Å². The molecule has 1 aromatic rings. The Hall–Kier alpha value is -2.16. The van der Waals surface area contributed by atoms with Crippen LogP contribution in [0.1, 0.15) is 30.5 Å². The maximum absolute atomic E-state index is 11.7. The van der Waals surface area contributed by atoms with Gasteiger partial charge in [0, 0.05) is 26.2 Å². The van der Waals surface area contributed by atoms with E-state index in [4.69, 9.17) is 5.26 Å². The molecule has 1 aromatic heterocycles. The molecule has 2 heterocycles. The predicted molar refractivity (Wildman–Crippen MR) is 77.7 cm³/mol. The van der Waals surface area contributed by atoms with E-state index >= 15 is 0 Å². The molecule has 1 saturated heterocycles. The highest BCUT2D eigenvalue weighted by Gasteiger charge is 2.22. The highest BCUT2D eigenvalue weighted by molar-refractivity contribution is 5.78. The fourth-order valence-corrected chi connectivity index (χ4v) is 3.00. The number of carbonyl (C=O) groups excluding carboxylic acids is 1. The zero-order valence-corrected chi connectivity index (χ0v) is 12.1. The summed E-state index contributed by atoms with van der Waals surface area (Å²) >= 11 is 0. The summed E-state index contributed by atoms with van der Waals surface area (Å²) in [4.78, 5) is 15.6. The number of hydrogen-bond donors (Lipinski definition) is 0. The molecule has 2 aliphatic rings. The number of anilines is 1. The minimum absolute atomic E-state index is 0.0291. The Kier molecular flexibility index (Phi) is 4.00. The van der Waals surface area contributed by atoms with Gasteiger partial charge in [-0.3, -0.25) is 4.79 Å². The Morgan fingerprint density at radius 3 is 2.71 bits per heavy atom. The molecule has 0 spiro atoms. The fourth-order valence-electron chi connectivity index (χ4n) is 3.00. The molecule has 6 heteroatoms. The molecule has 0 atom stereocenters. The van der Waals surface area contributed by atoms with Crippen LogP contribution in [-0.2, 0) is 17.6 Å². The van der Waals surface area contributed by atoms with Crippen LogP contribution in [0.25, 0.3) is 0 Å². The average molecular weight is 285 g/mol. The van der Waals surface area contributed by atoms with Crippen molar-refractivity contribution in [2.45, 2.75) is 32.1 Å². The zero-order chi connectivity index (χ0) is 14.7. The summed E-state index contributed by atoms with van der Waals surface area (Å²) in [6.07, 6.45) is 4.55. The second-order valence-corrected chi connectivity index (χ2v) is 5.58. The lowest BCUT2D eigenvalue weighted by atomic mass is 9.97. The summed E-state index contributed by atoms with van der Waals surface area (Å²) in [5.41, 5.74) is 2.47. The maximum Gasteiger partial charge on any atom is 0.236 e. The van der Waals surface area contributed by atoms with E-state index in [9.17, 15) is 4.79 Å². The number of hydrogen-bond acceptors (Lipinski definition) is 5. The van der Waals surface area contributed by atoms with Crippen molar-refractivity contribution in [2.75, 3.05) is 31.1 Å². The molecule has 1 amide bonds. The number of aryl methyl sites for hydroxylation is 2. The van der Waals surface area contributed by atoms with Crippen LogP contribution in [0.3, 0.4) is 0 Å². The van der Waals surface area contributed by atoms with Gasteiger partial charge in [-0.05, 0) is 37.3 Å². The number of amides is 1. The van der Waals surface area contributed by atoms with Crippen LogP contribution in [0, 0.1) is 11.3 Å². The van der Waals surface area contributed by atoms with E-state index in [0.29, 0.717) is 13.1 Å². The van der Waals surface area contributed by atoms with Crippen molar-refractivity contribution >= 4 is 11.7 Å². The minimum atomic E-state index is -0.0753. The average Bonchev–Trinajstić information content (AvgIpc) is 2.55. The third-order valence-corrected chi connectivity index (χ3v) is 4.24. The molecule has 3 rings (SSSR count). The van der Waals surface area contributed by atoms with E-state index in [1.54, 1.807) is 4.90 Å². The monoisotopic (exact) mass is 285 g/mol. The molecular formula is C15H19N5O. The predicted octanol–water partition coefficient (Wildman–Crippen LogP) is 0.918. The fraction of sp³-hybridized carbons (Fsp3) is 0.600. The van der Waals surface area contributed by atoms with Crippen molar-refractivity contribution < 1.29 is 4.79 Å². The van der Waals surface area contributed by atoms with Crippen LogP contribution < -0.4 is 4.90 Å². The van der Waals surface area contributed by atoms with Crippen molar-refractivity contribution in [3.05, 3.63) is 17.3 Å². The SMILES string of the molecule is N#CCC(=O)N1CCN(c2cc3c(nn2)CCCC3)CC1. The second kappa shape index (κ2) is 6.08. The molecule has 1 aliphatic heterocycles. The number of carbonyl (C=O) groups is 1. The Labute approximate surface area is 124 Å². The molecular weight excluding hydrogens is 266 g/mol. The molecule has 1 fully saturated rings. The van der Waals surface area contributed by atoms with E-state index in [2.05, 4.69) is 21.2 Å². The largest absolute Gasteiger partial charge is 0.352 e. The number of rotatable bonds is 2. The number of nitrogens with zero attached hydrogens (tertiary/aromatic N) is 5. The molecule has 110 valence electrons. The van der Waals surface area contributed by atoms with Crippen LogP contribution in [0.2, 0.25) is 0 Å². The summed E-state index contributed by atoms with van der Waals surface area (Å²) in [6.45, 7) is 2.81. The first-order chi connectivity index (χ1) is 10.3. The quantitative estimate of drug-likeness (QED) is 0.808. The van der Waals surface area contributed by atoms with Crippen LogP contribution >= 0.6 is 0 Å². The van der Waals surface area contributed by atoms with Crippen LogP contribution in [0.5, 0.6) is 0 Å². The molecule has 1 aliphatic carbocycles. The Balaban J connectivity index is 1.64. The molecule has 21 heavy (non-hydrogen) atoms. The molecule has 0 N–H and O–H groups in total. The molecule has 0 bridgehead atoms. The highest BCUT2D eigenvalue weighted by atomic mass is 16.2. The number of nitriles is 1. The van der Waals surface area contributed by atoms with Crippen LogP contribution in [0.15, 0.2) is 6.07 Å². The standard InChI is InChI=1S/C15H19N5O/c16-6-5-15(21)20-9-7-19(8-10-20)14-11-12-3-1-2-4-13(12)17-18-14/h11H,1-5,7-10H2. The maximum atomic E-state index is 11.7. The smallest absolute Gasteiger partial charge is 0.236 e. The second-order valence-electron chi connectivity index (χ2n) is 5.58. The Bertz CT molecular complexity index is 572. The molecule has 0 aromatic carbocycles. The van der Waals surface area contributed by atoms with Gasteiger partial charge in [-0.2, -0.15) is 10.4 Å². The summed E-state index contributed by atoms with van der Waals surface area (Å²) in [7, 11) is 0. The molecule has 0 saturated carbocycles. The normalized spacial score (nSPS) is 18.0. The van der Waals surface area contributed by atoms with Gasteiger partial charge in [0.05, 0.1) is 11.8 Å². The number of fused-ring (bicyclic) bond motifs is 1. The van der Waals surface area contributed by atoms with Crippen LogP contribution in [-0.4, -0.2) is 47.2 Å². The lowest BCUT2D eigenvalue weighted by Crippen LogP contribution is -2.49. The third kappa shape index (κ3) is 2.97. The van der Waals surface area contributed by atoms with E-state index < -0.39 is 0 Å². The van der Waals surface area contributed by atoms with Crippen molar-refractivity contribution in [1.29, 1.82) is 5.26 Å². The summed E-state index contributed by atoms with van der Waals surface area (Å²) in [5, 5.41) is 17.3. The van der Waals surface area contributed by atoms with Crippen LogP contribution in [0.4, 0.5) is 5.82 Å². The number of piperazine rings is 1. The lowest BCUT2D eigenvalue weighted by molar-refractivity contribution is -0.130. The van der Waals surface area contributed by atoms with E-state index in [-0.39, 0.29) is 12.3 Å². The van der Waals surface area contributed by atoms with Crippen molar-refractivity contribution in [3.8, 4) is 6.07 Å². The van der Waals surface area contributed by atoms with Gasteiger partial charge in [-0.15, -0.1) is 5.10 Å². The van der Waals surface area contributed by atoms with Gasteiger partial charge >= 0.3 is 0 Å². The first kappa shape index (κ1) is 13.8. The molecule has 0 unspecified atom stereocenters. The van der Waals surface area contributed by atoms with Crippen molar-refractivity contribution in [3.63, 3.8) is 0 Å². The minimum Gasteiger partial charge on any atom is -0.352 e. The van der Waals surface area contributed by atoms with E-state index in [1.165, 1.54) is 18.4 Å². The Morgan fingerprint density at radius 1 is 1.19 bits per heavy atom. The lowest BCUT2D eigenvalue weighted by Gasteiger charge is -2.35. The summed E-state index contributed by atoms with van der Waals surface area (Å²) < 4.78 is 0. The van der Waals surface area contributed by atoms with Gasteiger partial charge in [0.2, 0.25) is 5.91 Å². The molecule has 6 nitrogen and oxygen atoms in total. The van der Waals surface area contributed by atoms with Gasteiger partial charge < -0.3 is 9.80 Å². The van der Waals surface area contributed by atoms with Gasteiger partial charge in [0.25, 0.3) is 0 Å². The number of aromatic nitrogens is 2. The van der Waals surface area contributed by atoms with Gasteiger partial charge in [0.15, 0.2) is 5.82 Å². The summed E-state index contributed by atoms with van der Waals surface area (Å²) in [6, 6.07) is 4.08. The highest BCUT2D eigenvalue weighted by Crippen LogP contribution is 2.22.